The average molecular weight is 223 g/mol. The van der Waals surface area contributed by atoms with Crippen LogP contribution in [0.3, 0.4) is 0 Å². The Kier molecular flexibility index (Phi) is 4.24. The molecule has 1 aromatic rings. The molecule has 0 saturated heterocycles. The van der Waals surface area contributed by atoms with Crippen LogP contribution in [0.15, 0.2) is 24.3 Å². The van der Waals surface area contributed by atoms with Crippen LogP contribution < -0.4 is 5.73 Å². The van der Waals surface area contributed by atoms with Crippen LogP contribution in [0, 0.1) is 0 Å². The van der Waals surface area contributed by atoms with Gasteiger partial charge in [0.1, 0.15) is 5.75 Å². The van der Waals surface area contributed by atoms with Crippen LogP contribution in [-0.2, 0) is 4.79 Å². The number of nitrogens with two attached hydrogens (primary N) is 1. The Morgan fingerprint density at radius 3 is 2.93 bits per heavy atom. The summed E-state index contributed by atoms with van der Waals surface area (Å²) in [4.78, 5) is 10.6. The second-order valence-electron chi connectivity index (χ2n) is 3.02. The summed E-state index contributed by atoms with van der Waals surface area (Å²) in [6.07, 6.45) is 3.71. The average Bonchev–Trinajstić information content (AvgIpc) is 2.14. The zero-order chi connectivity index (χ0) is 11.3. The van der Waals surface area contributed by atoms with Crippen molar-refractivity contribution in [2.24, 2.45) is 0 Å². The molecule has 4 heteroatoms. The van der Waals surface area contributed by atoms with E-state index in [1.165, 1.54) is 24.8 Å². The number of aromatic hydroxyl groups is 1. The molecule has 3 N–H and O–H groups in total. The zero-order valence-electron chi connectivity index (χ0n) is 8.43. The van der Waals surface area contributed by atoms with E-state index >= 15 is 0 Å². The fraction of sp³-hybridized carbons (Fsp3) is 0.182. The number of phenols is 1. The second kappa shape index (κ2) is 5.46. The lowest BCUT2D eigenvalue weighted by molar-refractivity contribution is -0.109. The van der Waals surface area contributed by atoms with Crippen LogP contribution >= 0.6 is 11.8 Å². The Hall–Kier alpha value is -1.42. The number of anilines is 1. The van der Waals surface area contributed by atoms with Crippen LogP contribution in [0.1, 0.15) is 12.5 Å². The Balaban J connectivity index is 2.60. The predicted octanol–water partition coefficient (Wildman–Crippen LogP) is 2.27. The van der Waals surface area contributed by atoms with Gasteiger partial charge in [0, 0.05) is 24.4 Å². The summed E-state index contributed by atoms with van der Waals surface area (Å²) in [7, 11) is 0. The van der Waals surface area contributed by atoms with Crippen molar-refractivity contribution in [3.05, 3.63) is 29.8 Å². The molecule has 0 aliphatic rings. The molecule has 0 aliphatic heterocycles. The molecule has 0 aromatic heterocycles. The van der Waals surface area contributed by atoms with Crippen molar-refractivity contribution in [2.45, 2.75) is 6.92 Å². The lowest BCUT2D eigenvalue weighted by atomic mass is 10.1. The van der Waals surface area contributed by atoms with E-state index in [1.807, 2.05) is 12.2 Å². The summed E-state index contributed by atoms with van der Waals surface area (Å²) in [5.41, 5.74) is 7.05. The molecule has 0 spiro atoms. The zero-order valence-corrected chi connectivity index (χ0v) is 9.25. The van der Waals surface area contributed by atoms with E-state index in [2.05, 4.69) is 0 Å². The third-order valence-electron chi connectivity index (χ3n) is 1.75. The van der Waals surface area contributed by atoms with Gasteiger partial charge in [0.25, 0.3) is 0 Å². The molecule has 1 aromatic carbocycles. The Bertz CT molecular complexity index is 388. The predicted molar refractivity (Wildman–Crippen MR) is 64.7 cm³/mol. The third-order valence-corrected chi connectivity index (χ3v) is 2.52. The number of hydrogen-bond donors (Lipinski definition) is 2. The van der Waals surface area contributed by atoms with Gasteiger partial charge in [-0.25, -0.2) is 0 Å². The molecular formula is C11H13NO2S. The number of hydrogen-bond acceptors (Lipinski definition) is 4. The van der Waals surface area contributed by atoms with Gasteiger partial charge >= 0.3 is 0 Å². The van der Waals surface area contributed by atoms with E-state index in [9.17, 15) is 4.79 Å². The van der Waals surface area contributed by atoms with Crippen LogP contribution in [-0.4, -0.2) is 16.0 Å². The van der Waals surface area contributed by atoms with E-state index in [0.29, 0.717) is 11.4 Å². The third kappa shape index (κ3) is 4.08. The highest BCUT2D eigenvalue weighted by Gasteiger charge is 1.96. The molecule has 0 amide bonds. The number of phenolic OH excluding ortho intramolecular Hbond substituents is 1. The molecule has 0 saturated carbocycles. The number of carbonyl (C=O) groups excluding carboxylic acids is 1. The van der Waals surface area contributed by atoms with Gasteiger partial charge in [-0.1, -0.05) is 23.9 Å². The largest absolute Gasteiger partial charge is 0.508 e. The maximum absolute atomic E-state index is 10.6. The summed E-state index contributed by atoms with van der Waals surface area (Å²) < 4.78 is 0. The molecule has 0 radical (unpaired) electrons. The van der Waals surface area contributed by atoms with Gasteiger partial charge in [-0.15, -0.1) is 0 Å². The first-order valence-corrected chi connectivity index (χ1v) is 5.46. The molecule has 0 fully saturated rings. The summed E-state index contributed by atoms with van der Waals surface area (Å²) in [6, 6.07) is 4.81. The topological polar surface area (TPSA) is 63.3 Å². The van der Waals surface area contributed by atoms with Gasteiger partial charge in [0.15, 0.2) is 5.12 Å². The Morgan fingerprint density at radius 2 is 2.33 bits per heavy atom. The molecular weight excluding hydrogens is 210 g/mol. The van der Waals surface area contributed by atoms with Crippen LogP contribution in [0.5, 0.6) is 5.75 Å². The molecule has 15 heavy (non-hydrogen) atoms. The van der Waals surface area contributed by atoms with Crippen molar-refractivity contribution in [2.75, 3.05) is 11.5 Å². The first kappa shape index (κ1) is 11.7. The molecule has 3 nitrogen and oxygen atoms in total. The van der Waals surface area contributed by atoms with E-state index in [0.717, 1.165) is 5.56 Å². The highest BCUT2D eigenvalue weighted by atomic mass is 32.2. The van der Waals surface area contributed by atoms with Crippen molar-refractivity contribution >= 4 is 28.6 Å². The van der Waals surface area contributed by atoms with Crippen LogP contribution in [0.4, 0.5) is 5.69 Å². The summed E-state index contributed by atoms with van der Waals surface area (Å²) in [5.74, 6) is 0.790. The normalized spacial score (nSPS) is 10.7. The molecule has 1 rings (SSSR count). The highest BCUT2D eigenvalue weighted by molar-refractivity contribution is 8.13. The SMILES string of the molecule is CC(=O)SCC=Cc1ccc(O)cc1N. The standard InChI is InChI=1S/C11H13NO2S/c1-8(13)15-6-2-3-9-4-5-10(14)7-11(9)12/h2-5,7,14H,6,12H2,1H3. The van der Waals surface area contributed by atoms with Crippen molar-refractivity contribution in [3.8, 4) is 5.75 Å². The first-order chi connectivity index (χ1) is 7.09. The maximum atomic E-state index is 10.6. The van der Waals surface area contributed by atoms with Gasteiger partial charge in [0.05, 0.1) is 0 Å². The summed E-state index contributed by atoms with van der Waals surface area (Å²) in [5, 5.41) is 9.22. The molecule has 0 aliphatic carbocycles. The van der Waals surface area contributed by atoms with Crippen LogP contribution in [0.25, 0.3) is 6.08 Å². The summed E-state index contributed by atoms with van der Waals surface area (Å²) >= 11 is 1.24. The van der Waals surface area contributed by atoms with Gasteiger partial charge in [-0.05, 0) is 17.7 Å². The number of nitrogen functional groups attached to an aromatic ring is 1. The Labute approximate surface area is 93.0 Å². The molecule has 0 bridgehead atoms. The van der Waals surface area contributed by atoms with Gasteiger partial charge in [-0.3, -0.25) is 4.79 Å². The highest BCUT2D eigenvalue weighted by Crippen LogP contribution is 2.19. The number of carbonyl (C=O) groups is 1. The maximum Gasteiger partial charge on any atom is 0.186 e. The van der Waals surface area contributed by atoms with E-state index < -0.39 is 0 Å². The first-order valence-electron chi connectivity index (χ1n) is 4.48. The molecule has 0 unspecified atom stereocenters. The minimum Gasteiger partial charge on any atom is -0.508 e. The van der Waals surface area contributed by atoms with Gasteiger partial charge < -0.3 is 10.8 Å². The number of benzene rings is 1. The lowest BCUT2D eigenvalue weighted by Crippen LogP contribution is -1.88. The van der Waals surface area contributed by atoms with Gasteiger partial charge in [-0.2, -0.15) is 0 Å². The minimum absolute atomic E-state index is 0.0957. The van der Waals surface area contributed by atoms with Crippen molar-refractivity contribution in [3.63, 3.8) is 0 Å². The van der Waals surface area contributed by atoms with Crippen molar-refractivity contribution < 1.29 is 9.90 Å². The Morgan fingerprint density at radius 1 is 1.60 bits per heavy atom. The van der Waals surface area contributed by atoms with Crippen LogP contribution in [0.2, 0.25) is 0 Å². The van der Waals surface area contributed by atoms with E-state index in [4.69, 9.17) is 10.8 Å². The molecule has 0 atom stereocenters. The number of rotatable bonds is 3. The number of thioether (sulfide) groups is 1. The fourth-order valence-electron chi connectivity index (χ4n) is 1.05. The molecule has 80 valence electrons. The fourth-order valence-corrected chi connectivity index (χ4v) is 1.48. The second-order valence-corrected chi connectivity index (χ2v) is 4.22. The monoisotopic (exact) mass is 223 g/mol. The lowest BCUT2D eigenvalue weighted by Gasteiger charge is -2.00. The minimum atomic E-state index is 0.0957. The van der Waals surface area contributed by atoms with Crippen molar-refractivity contribution in [1.29, 1.82) is 0 Å². The molecule has 0 heterocycles. The summed E-state index contributed by atoms with van der Waals surface area (Å²) in [6.45, 7) is 1.54. The van der Waals surface area contributed by atoms with Crippen molar-refractivity contribution in [1.82, 2.24) is 0 Å². The van der Waals surface area contributed by atoms with E-state index in [1.54, 1.807) is 12.1 Å². The van der Waals surface area contributed by atoms with Gasteiger partial charge in [0.2, 0.25) is 0 Å². The quantitative estimate of drug-likeness (QED) is 0.771. The smallest absolute Gasteiger partial charge is 0.186 e. The van der Waals surface area contributed by atoms with E-state index in [-0.39, 0.29) is 10.9 Å².